The molecule has 4 aromatic rings. The van der Waals surface area contributed by atoms with E-state index in [1.165, 1.54) is 0 Å². The quantitative estimate of drug-likeness (QED) is 0.530. The van der Waals surface area contributed by atoms with Gasteiger partial charge in [0.05, 0.1) is 5.41 Å². The minimum atomic E-state index is -0.258. The highest BCUT2D eigenvalue weighted by Crippen LogP contribution is 2.44. The lowest BCUT2D eigenvalue weighted by atomic mass is 9.66. The Morgan fingerprint density at radius 3 is 2.90 bits per heavy atom. The second kappa shape index (κ2) is 6.76. The number of likely N-dealkylation sites (tertiary alicyclic amines) is 1. The van der Waals surface area contributed by atoms with Crippen LogP contribution < -0.4 is 5.32 Å². The Hall–Kier alpha value is -3.49. The molecule has 2 fully saturated rings. The molecule has 0 atom stereocenters. The first-order valence-corrected chi connectivity index (χ1v) is 10.8. The van der Waals surface area contributed by atoms with Gasteiger partial charge in [-0.1, -0.05) is 6.92 Å². The van der Waals surface area contributed by atoms with Crippen molar-refractivity contribution in [3.8, 4) is 11.1 Å². The van der Waals surface area contributed by atoms with Crippen molar-refractivity contribution in [1.29, 1.82) is 0 Å². The smallest absolute Gasteiger partial charge is 0.228 e. The summed E-state index contributed by atoms with van der Waals surface area (Å²) in [7, 11) is 0. The zero-order valence-corrected chi connectivity index (χ0v) is 17.4. The number of H-pyrrole nitrogens is 1. The number of pyridine rings is 1. The van der Waals surface area contributed by atoms with Gasteiger partial charge in [-0.05, 0) is 37.8 Å². The van der Waals surface area contributed by atoms with Crippen molar-refractivity contribution in [2.24, 2.45) is 5.41 Å². The largest absolute Gasteiger partial charge is 0.351 e. The van der Waals surface area contributed by atoms with Crippen LogP contribution in [0.15, 0.2) is 37.1 Å². The third-order valence-electron chi connectivity index (χ3n) is 6.65. The van der Waals surface area contributed by atoms with Crippen molar-refractivity contribution in [3.05, 3.63) is 37.1 Å². The van der Waals surface area contributed by atoms with Crippen molar-refractivity contribution in [2.75, 3.05) is 18.4 Å². The lowest BCUT2D eigenvalue weighted by molar-refractivity contribution is -0.145. The molecule has 1 saturated carbocycles. The van der Waals surface area contributed by atoms with Crippen molar-refractivity contribution >= 4 is 28.5 Å². The Balaban J connectivity index is 1.18. The van der Waals surface area contributed by atoms with Crippen LogP contribution in [0.1, 0.15) is 32.6 Å². The molecular weight excluding hydrogens is 392 g/mol. The van der Waals surface area contributed by atoms with Gasteiger partial charge in [-0.3, -0.25) is 4.79 Å². The third kappa shape index (κ3) is 3.03. The summed E-state index contributed by atoms with van der Waals surface area (Å²) in [4.78, 5) is 31.4. The maximum atomic E-state index is 12.8. The van der Waals surface area contributed by atoms with E-state index in [0.29, 0.717) is 11.9 Å². The number of amides is 1. The van der Waals surface area contributed by atoms with E-state index in [0.717, 1.165) is 66.6 Å². The number of aromatic amines is 1. The molecule has 6 rings (SSSR count). The zero-order valence-electron chi connectivity index (χ0n) is 17.4. The van der Waals surface area contributed by atoms with Crippen molar-refractivity contribution in [2.45, 2.75) is 38.6 Å². The zero-order chi connectivity index (χ0) is 21.0. The molecule has 2 aliphatic rings. The van der Waals surface area contributed by atoms with E-state index in [4.69, 9.17) is 0 Å². The van der Waals surface area contributed by atoms with Crippen LogP contribution in [-0.4, -0.2) is 59.5 Å². The van der Waals surface area contributed by atoms with Gasteiger partial charge in [0.25, 0.3) is 0 Å². The van der Waals surface area contributed by atoms with Gasteiger partial charge in [0, 0.05) is 54.2 Å². The Bertz CT molecular complexity index is 1280. The van der Waals surface area contributed by atoms with Crippen LogP contribution in [-0.2, 0) is 4.79 Å². The highest BCUT2D eigenvalue weighted by molar-refractivity contribution is 5.93. The molecular formula is C22H24N8O. The molecule has 0 aromatic carbocycles. The topological polar surface area (TPSA) is 104 Å². The van der Waals surface area contributed by atoms with Gasteiger partial charge < -0.3 is 15.2 Å². The lowest BCUT2D eigenvalue weighted by Gasteiger charge is -2.45. The monoisotopic (exact) mass is 416 g/mol. The summed E-state index contributed by atoms with van der Waals surface area (Å²) < 4.78 is 1.75. The van der Waals surface area contributed by atoms with Crippen molar-refractivity contribution in [3.63, 3.8) is 0 Å². The molecule has 1 saturated heterocycles. The fourth-order valence-corrected chi connectivity index (χ4v) is 4.98. The lowest BCUT2D eigenvalue weighted by Crippen LogP contribution is -2.53. The number of nitrogens with zero attached hydrogens (tertiary/aromatic N) is 6. The van der Waals surface area contributed by atoms with Gasteiger partial charge in [-0.15, -0.1) is 0 Å². The summed E-state index contributed by atoms with van der Waals surface area (Å²) in [6, 6.07) is 4.18. The number of carbonyl (C=O) groups excluding carboxylic acids is 1. The number of hydrogen-bond acceptors (Lipinski definition) is 6. The minimum Gasteiger partial charge on any atom is -0.351 e. The minimum absolute atomic E-state index is 0.221. The van der Waals surface area contributed by atoms with Crippen LogP contribution in [0.5, 0.6) is 0 Å². The van der Waals surface area contributed by atoms with Gasteiger partial charge in [-0.2, -0.15) is 10.1 Å². The number of carbonyl (C=O) groups is 1. The number of anilines is 1. The summed E-state index contributed by atoms with van der Waals surface area (Å²) in [6.45, 7) is 3.90. The van der Waals surface area contributed by atoms with E-state index in [2.05, 4.69) is 37.3 Å². The summed E-state index contributed by atoms with van der Waals surface area (Å²) in [6.07, 6.45) is 11.2. The molecule has 1 amide bonds. The maximum Gasteiger partial charge on any atom is 0.228 e. The average Bonchev–Trinajstić information content (AvgIpc) is 3.51. The van der Waals surface area contributed by atoms with E-state index < -0.39 is 0 Å². The number of rotatable bonds is 4. The van der Waals surface area contributed by atoms with Crippen LogP contribution in [0.25, 0.3) is 27.8 Å². The molecule has 9 heteroatoms. The maximum absolute atomic E-state index is 12.8. The molecule has 1 aliphatic heterocycles. The molecule has 158 valence electrons. The molecule has 4 aromatic heterocycles. The Morgan fingerprint density at radius 1 is 1.23 bits per heavy atom. The summed E-state index contributed by atoms with van der Waals surface area (Å²) >= 11 is 0. The van der Waals surface area contributed by atoms with Gasteiger partial charge in [-0.25, -0.2) is 14.5 Å². The van der Waals surface area contributed by atoms with E-state index in [9.17, 15) is 4.79 Å². The molecule has 0 spiro atoms. The molecule has 9 nitrogen and oxygen atoms in total. The van der Waals surface area contributed by atoms with Crippen LogP contribution >= 0.6 is 0 Å². The van der Waals surface area contributed by atoms with Crippen LogP contribution in [0.2, 0.25) is 0 Å². The molecule has 0 bridgehead atoms. The van der Waals surface area contributed by atoms with Gasteiger partial charge in [0.2, 0.25) is 11.9 Å². The number of aromatic nitrogens is 6. The van der Waals surface area contributed by atoms with Gasteiger partial charge in [0.1, 0.15) is 12.0 Å². The third-order valence-corrected chi connectivity index (χ3v) is 6.65. The Labute approximate surface area is 178 Å². The second-order valence-corrected chi connectivity index (χ2v) is 8.95. The summed E-state index contributed by atoms with van der Waals surface area (Å²) in [5.74, 6) is 0.895. The molecule has 5 heterocycles. The average molecular weight is 416 g/mol. The Morgan fingerprint density at radius 2 is 2.06 bits per heavy atom. The van der Waals surface area contributed by atoms with Gasteiger partial charge in [0.15, 0.2) is 5.65 Å². The van der Waals surface area contributed by atoms with Crippen LogP contribution in [0, 0.1) is 5.41 Å². The van der Waals surface area contributed by atoms with Gasteiger partial charge >= 0.3 is 0 Å². The summed E-state index contributed by atoms with van der Waals surface area (Å²) in [5, 5.41) is 8.57. The number of fused-ring (bicyclic) bond motifs is 2. The Kier molecular flexibility index (Phi) is 3.99. The fourth-order valence-electron chi connectivity index (χ4n) is 4.98. The fraction of sp³-hybridized carbons (Fsp3) is 0.409. The van der Waals surface area contributed by atoms with E-state index in [1.807, 2.05) is 35.6 Å². The molecule has 0 radical (unpaired) electrons. The van der Waals surface area contributed by atoms with E-state index >= 15 is 0 Å². The highest BCUT2D eigenvalue weighted by atomic mass is 16.2. The highest BCUT2D eigenvalue weighted by Gasteiger charge is 2.48. The number of nitrogens with one attached hydrogen (secondary N) is 2. The standard InChI is InChI=1S/C22H24N8O/c1-22(20(31)29-6-2-3-7-29)8-15(9-22)27-21-24-11-17-16(10-23-19(17)28-21)14-4-5-18-25-13-26-30(18)12-14/h4-5,10-13,15H,2-3,6-9H2,1H3,(H2,23,24,27,28). The molecule has 31 heavy (non-hydrogen) atoms. The molecule has 0 unspecified atom stereocenters. The number of hydrogen-bond donors (Lipinski definition) is 2. The van der Waals surface area contributed by atoms with Crippen molar-refractivity contribution < 1.29 is 4.79 Å². The second-order valence-electron chi connectivity index (χ2n) is 8.95. The van der Waals surface area contributed by atoms with Crippen LogP contribution in [0.4, 0.5) is 5.95 Å². The molecule has 2 N–H and O–H groups in total. The summed E-state index contributed by atoms with van der Waals surface area (Å²) in [5.41, 5.74) is 3.37. The first-order chi connectivity index (χ1) is 15.1. The van der Waals surface area contributed by atoms with Crippen LogP contribution in [0.3, 0.4) is 0 Å². The molecule has 1 aliphatic carbocycles. The predicted molar refractivity (Wildman–Crippen MR) is 116 cm³/mol. The first kappa shape index (κ1) is 18.3. The SMILES string of the molecule is CC1(C(=O)N2CCCC2)CC(Nc2ncc3c(-c4ccc5ncnn5c4)c[nH]c3n2)C1. The van der Waals surface area contributed by atoms with Crippen molar-refractivity contribution in [1.82, 2.24) is 34.4 Å². The normalized spacial score (nSPS) is 23.4. The predicted octanol–water partition coefficient (Wildman–Crippen LogP) is 2.87. The first-order valence-electron chi connectivity index (χ1n) is 10.8. The van der Waals surface area contributed by atoms with E-state index in [1.54, 1.807) is 10.8 Å². The van der Waals surface area contributed by atoms with E-state index in [-0.39, 0.29) is 11.5 Å².